The molecule has 1 heterocycles. The highest BCUT2D eigenvalue weighted by atomic mass is 19.4. The van der Waals surface area contributed by atoms with E-state index in [2.05, 4.69) is 20.6 Å². The van der Waals surface area contributed by atoms with Crippen molar-refractivity contribution in [3.63, 3.8) is 0 Å². The molecule has 0 aliphatic heterocycles. The number of hydrogen-bond donors (Lipinski definition) is 3. The Labute approximate surface area is 213 Å². The van der Waals surface area contributed by atoms with Crippen molar-refractivity contribution in [1.29, 1.82) is 0 Å². The fourth-order valence-electron chi connectivity index (χ4n) is 3.89. The number of fused-ring (bicyclic) bond motifs is 1. The average Bonchev–Trinajstić information content (AvgIpc) is 3.58. The molecule has 0 spiro atoms. The lowest BCUT2D eigenvalue weighted by atomic mass is 10.1. The molecule has 0 bridgehead atoms. The molecule has 1 saturated carbocycles. The third kappa shape index (κ3) is 5.65. The molecule has 1 aromatic heterocycles. The molecule has 1 fully saturated rings. The number of aromatic amines is 1. The van der Waals surface area contributed by atoms with Gasteiger partial charge in [-0.15, -0.1) is 0 Å². The second-order valence-electron chi connectivity index (χ2n) is 8.91. The second kappa shape index (κ2) is 10.5. The topological polar surface area (TPSA) is 105 Å². The molecular formula is C25H25F5N4O4. The fourth-order valence-corrected chi connectivity index (χ4v) is 3.89. The molecule has 8 nitrogen and oxygen atoms in total. The van der Waals surface area contributed by atoms with Crippen LogP contribution in [0.25, 0.3) is 11.0 Å². The minimum Gasteiger partial charge on any atom is -0.487 e. The number of ether oxygens (including phenoxy) is 2. The van der Waals surface area contributed by atoms with Crippen molar-refractivity contribution in [2.45, 2.75) is 45.8 Å². The van der Waals surface area contributed by atoms with Gasteiger partial charge in [0.1, 0.15) is 23.3 Å². The summed E-state index contributed by atoms with van der Waals surface area (Å²) in [5, 5.41) is 5.44. The summed E-state index contributed by atoms with van der Waals surface area (Å²) >= 11 is 0. The van der Waals surface area contributed by atoms with Gasteiger partial charge >= 0.3 is 12.1 Å². The van der Waals surface area contributed by atoms with Crippen molar-refractivity contribution < 1.29 is 41.0 Å². The van der Waals surface area contributed by atoms with Crippen LogP contribution in [-0.2, 0) is 16.1 Å². The number of amides is 1. The van der Waals surface area contributed by atoms with Gasteiger partial charge in [-0.3, -0.25) is 4.79 Å². The molecule has 38 heavy (non-hydrogen) atoms. The van der Waals surface area contributed by atoms with Crippen LogP contribution >= 0.6 is 0 Å². The summed E-state index contributed by atoms with van der Waals surface area (Å²) in [6, 6.07) is 7.82. The lowest BCUT2D eigenvalue weighted by molar-refractivity contribution is -0.192. The maximum atomic E-state index is 13.2. The molecule has 1 aliphatic rings. The largest absolute Gasteiger partial charge is 0.487 e. The molecule has 4 rings (SSSR count). The Kier molecular flexibility index (Phi) is 7.47. The first kappa shape index (κ1) is 27.1. The van der Waals surface area contributed by atoms with Crippen LogP contribution in [0.3, 0.4) is 0 Å². The number of halogens is 5. The zero-order valence-corrected chi connectivity index (χ0v) is 20.5. The summed E-state index contributed by atoms with van der Waals surface area (Å²) in [6.45, 7) is 2.47. The summed E-state index contributed by atoms with van der Waals surface area (Å²) in [5.41, 5.74) is 0.294. The lowest BCUT2D eigenvalue weighted by Crippen LogP contribution is -2.40. The molecule has 3 aromatic rings. The first-order valence-corrected chi connectivity index (χ1v) is 11.8. The van der Waals surface area contributed by atoms with Crippen LogP contribution in [0.15, 0.2) is 30.3 Å². The highest BCUT2D eigenvalue weighted by Gasteiger charge is 2.68. The predicted octanol–water partition coefficient (Wildman–Crippen LogP) is 5.39. The number of nitrogens with one attached hydrogen (secondary N) is 3. The van der Waals surface area contributed by atoms with Gasteiger partial charge in [-0.05, 0) is 49.9 Å². The number of aryl methyl sites for hydroxylation is 1. The van der Waals surface area contributed by atoms with Gasteiger partial charge in [0.2, 0.25) is 11.9 Å². The van der Waals surface area contributed by atoms with Gasteiger partial charge in [0.15, 0.2) is 0 Å². The number of nitrogens with zero attached hydrogens (tertiary/aromatic N) is 1. The first-order valence-electron chi connectivity index (χ1n) is 11.8. The zero-order valence-electron chi connectivity index (χ0n) is 20.5. The van der Waals surface area contributed by atoms with E-state index in [1.165, 1.54) is 12.1 Å². The number of alkyl halides is 5. The van der Waals surface area contributed by atoms with Crippen LogP contribution in [-0.4, -0.2) is 47.7 Å². The maximum absolute atomic E-state index is 13.2. The molecule has 0 unspecified atom stereocenters. The van der Waals surface area contributed by atoms with Gasteiger partial charge in [-0.25, -0.2) is 18.6 Å². The van der Waals surface area contributed by atoms with Crippen LogP contribution in [0.2, 0.25) is 0 Å². The first-order chi connectivity index (χ1) is 17.9. The molecule has 1 amide bonds. The van der Waals surface area contributed by atoms with E-state index in [1.54, 1.807) is 32.0 Å². The van der Waals surface area contributed by atoms with Crippen molar-refractivity contribution in [3.05, 3.63) is 47.0 Å². The van der Waals surface area contributed by atoms with E-state index in [9.17, 15) is 31.5 Å². The van der Waals surface area contributed by atoms with Crippen LogP contribution in [0, 0.1) is 12.3 Å². The number of esters is 1. The van der Waals surface area contributed by atoms with Gasteiger partial charge in [0.05, 0.1) is 17.6 Å². The third-order valence-electron chi connectivity index (χ3n) is 6.18. The molecular weight excluding hydrogens is 515 g/mol. The Morgan fingerprint density at radius 1 is 1.18 bits per heavy atom. The predicted molar refractivity (Wildman–Crippen MR) is 128 cm³/mol. The number of H-pyrrole nitrogens is 1. The standard InChI is InChI=1S/C25H25F5N4O4/c1-3-37-21(35)15-9-17-18(10-19(15)38-12-20(26)27)34-23(33-17)32-16-8-14(5-4-13(16)2)11-31-22(36)24(6-7-24)25(28,29)30/h4-5,8-10,20H,3,6-7,11-12H2,1-2H3,(H,31,36)(H2,32,33,34). The summed E-state index contributed by atoms with van der Waals surface area (Å²) in [7, 11) is 0. The molecule has 3 N–H and O–H groups in total. The Balaban J connectivity index is 1.53. The van der Waals surface area contributed by atoms with Gasteiger partial charge < -0.3 is 25.1 Å². The van der Waals surface area contributed by atoms with Crippen LogP contribution in [0.4, 0.5) is 33.6 Å². The van der Waals surface area contributed by atoms with Crippen molar-refractivity contribution in [2.24, 2.45) is 5.41 Å². The van der Waals surface area contributed by atoms with E-state index < -0.39 is 36.5 Å². The quantitative estimate of drug-likeness (QED) is 0.235. The van der Waals surface area contributed by atoms with Gasteiger partial charge in [0.25, 0.3) is 6.43 Å². The van der Waals surface area contributed by atoms with Crippen molar-refractivity contribution in [1.82, 2.24) is 15.3 Å². The highest BCUT2D eigenvalue weighted by molar-refractivity contribution is 5.97. The number of rotatable bonds is 10. The maximum Gasteiger partial charge on any atom is 0.403 e. The number of benzene rings is 2. The molecule has 0 saturated heterocycles. The third-order valence-corrected chi connectivity index (χ3v) is 6.18. The minimum absolute atomic E-state index is 0.0450. The number of imidazole rings is 1. The highest BCUT2D eigenvalue weighted by Crippen LogP contribution is 2.57. The summed E-state index contributed by atoms with van der Waals surface area (Å²) in [5.74, 6) is -1.64. The summed E-state index contributed by atoms with van der Waals surface area (Å²) in [4.78, 5) is 31.9. The number of anilines is 2. The lowest BCUT2D eigenvalue weighted by Gasteiger charge is -2.18. The van der Waals surface area contributed by atoms with Crippen molar-refractivity contribution in [3.8, 4) is 5.75 Å². The summed E-state index contributed by atoms with van der Waals surface area (Å²) in [6.07, 6.45) is -7.78. The van der Waals surface area contributed by atoms with Gasteiger partial charge in [0, 0.05) is 18.3 Å². The monoisotopic (exact) mass is 540 g/mol. The normalized spacial score (nSPS) is 14.4. The number of carbonyl (C=O) groups excluding carboxylic acids is 2. The Bertz CT molecular complexity index is 1350. The summed E-state index contributed by atoms with van der Waals surface area (Å²) < 4.78 is 75.0. The van der Waals surface area contributed by atoms with E-state index in [4.69, 9.17) is 9.47 Å². The zero-order chi connectivity index (χ0) is 27.7. The Morgan fingerprint density at radius 2 is 1.92 bits per heavy atom. The number of hydrogen-bond acceptors (Lipinski definition) is 6. The molecule has 13 heteroatoms. The van der Waals surface area contributed by atoms with E-state index in [0.29, 0.717) is 22.3 Å². The molecule has 1 aliphatic carbocycles. The minimum atomic E-state index is -4.59. The Morgan fingerprint density at radius 3 is 2.55 bits per heavy atom. The van der Waals surface area contributed by atoms with E-state index in [1.807, 2.05) is 0 Å². The van der Waals surface area contributed by atoms with Gasteiger partial charge in [-0.2, -0.15) is 13.2 Å². The van der Waals surface area contributed by atoms with Crippen LogP contribution in [0.1, 0.15) is 41.3 Å². The number of aromatic nitrogens is 2. The van der Waals surface area contributed by atoms with E-state index in [-0.39, 0.29) is 43.3 Å². The van der Waals surface area contributed by atoms with Crippen molar-refractivity contribution in [2.75, 3.05) is 18.5 Å². The number of carbonyl (C=O) groups is 2. The van der Waals surface area contributed by atoms with Gasteiger partial charge in [-0.1, -0.05) is 12.1 Å². The average molecular weight is 540 g/mol. The molecule has 204 valence electrons. The SMILES string of the molecule is CCOC(=O)c1cc2[nH]c(Nc3cc(CNC(=O)C4(C(F)(F)F)CC4)ccc3C)nc2cc1OCC(F)F. The van der Waals surface area contributed by atoms with E-state index >= 15 is 0 Å². The van der Waals surface area contributed by atoms with E-state index in [0.717, 1.165) is 5.56 Å². The Hall–Kier alpha value is -3.90. The molecule has 2 aromatic carbocycles. The van der Waals surface area contributed by atoms with Crippen LogP contribution in [0.5, 0.6) is 5.75 Å². The van der Waals surface area contributed by atoms with Crippen LogP contribution < -0.4 is 15.4 Å². The fraction of sp³-hybridized carbons (Fsp3) is 0.400. The second-order valence-corrected chi connectivity index (χ2v) is 8.91. The van der Waals surface area contributed by atoms with Crippen molar-refractivity contribution >= 4 is 34.5 Å². The molecule has 0 radical (unpaired) electrons. The molecule has 0 atom stereocenters. The smallest absolute Gasteiger partial charge is 0.403 e.